The lowest BCUT2D eigenvalue weighted by molar-refractivity contribution is -0.142. The summed E-state index contributed by atoms with van der Waals surface area (Å²) >= 11 is 0. The number of amides is 7. The fourth-order valence-corrected chi connectivity index (χ4v) is 9.11. The summed E-state index contributed by atoms with van der Waals surface area (Å²) in [6.45, 7) is 8.16. The van der Waals surface area contributed by atoms with Crippen molar-refractivity contribution in [3.63, 3.8) is 0 Å². The number of fused-ring (bicyclic) bond motifs is 1. The second-order valence-electron chi connectivity index (χ2n) is 15.9. The molecule has 4 rings (SSSR count). The predicted molar refractivity (Wildman–Crippen MR) is 237 cm³/mol. The number of carboxylic acid groups (broad SMARTS) is 2. The lowest BCUT2D eigenvalue weighted by Crippen LogP contribution is -2.61. The van der Waals surface area contributed by atoms with Crippen molar-refractivity contribution in [3.05, 3.63) is 54.2 Å². The van der Waals surface area contributed by atoms with Crippen molar-refractivity contribution in [1.29, 1.82) is 0 Å². The summed E-state index contributed by atoms with van der Waals surface area (Å²) in [5.74, 6) is -9.68. The molecule has 0 bridgehead atoms. The molecule has 1 aliphatic heterocycles. The number of aliphatic carboxylic acids is 2. The molecule has 3 heterocycles. The Kier molecular flexibility index (Phi) is 19.0. The predicted octanol–water partition coefficient (Wildman–Crippen LogP) is 0.136. The minimum Gasteiger partial charge on any atom is -0.481 e. The first-order valence-corrected chi connectivity index (χ1v) is 23.2. The average molecular weight is 929 g/mol. The second-order valence-corrected chi connectivity index (χ2v) is 18.5. The molecule has 11 N–H and O–H groups in total. The molecular formula is C41H56N10O11S2. The number of carboxylic acids is 2. The fourth-order valence-electron chi connectivity index (χ4n) is 6.78. The highest BCUT2D eigenvalue weighted by Crippen LogP contribution is 2.24. The SMILES string of the molecule is CC[C@H](C)[C@H](NC(=O)[C@@H]1CSSC[C@H](NC(C)=O)C(=O)N[C@@H](Cc2cnc[nH]2)C(=O)N[C@@H](CC(C)C)C(=O)N[C@@H](CC(=O)O)C(=O)N1)C(=O)N[C@@H](Cc1c[nH]c2ccccc12)C(=O)O. The Bertz CT molecular complexity index is 2150. The lowest BCUT2D eigenvalue weighted by atomic mass is 9.97. The molecule has 2 aromatic heterocycles. The van der Waals surface area contributed by atoms with Crippen molar-refractivity contribution in [2.24, 2.45) is 11.8 Å². The van der Waals surface area contributed by atoms with E-state index in [1.54, 1.807) is 40.0 Å². The van der Waals surface area contributed by atoms with Crippen LogP contribution in [0.15, 0.2) is 43.0 Å². The van der Waals surface area contributed by atoms with Gasteiger partial charge in [0.15, 0.2) is 0 Å². The number of imidazole rings is 1. The van der Waals surface area contributed by atoms with E-state index in [0.717, 1.165) is 32.5 Å². The minimum atomic E-state index is -1.75. The number of rotatable bonds is 16. The molecule has 64 heavy (non-hydrogen) atoms. The summed E-state index contributed by atoms with van der Waals surface area (Å²) in [7, 11) is 2.02. The van der Waals surface area contributed by atoms with E-state index in [1.165, 1.54) is 19.4 Å². The average Bonchev–Trinajstić information content (AvgIpc) is 3.91. The minimum absolute atomic E-state index is 0.0279. The van der Waals surface area contributed by atoms with Gasteiger partial charge in [0.25, 0.3) is 0 Å². The van der Waals surface area contributed by atoms with Crippen LogP contribution in [0.4, 0.5) is 0 Å². The van der Waals surface area contributed by atoms with Gasteiger partial charge in [0, 0.05) is 60.3 Å². The number of nitrogens with zero attached hydrogens (tertiary/aromatic N) is 1. The van der Waals surface area contributed by atoms with Crippen molar-refractivity contribution in [2.75, 3.05) is 11.5 Å². The molecule has 7 amide bonds. The molecule has 348 valence electrons. The number of H-pyrrole nitrogens is 2. The van der Waals surface area contributed by atoms with Crippen molar-refractivity contribution < 1.29 is 53.4 Å². The van der Waals surface area contributed by atoms with Crippen LogP contribution in [0.1, 0.15) is 65.1 Å². The Morgan fingerprint density at radius 2 is 1.50 bits per heavy atom. The molecule has 0 aliphatic carbocycles. The first kappa shape index (κ1) is 50.5. The van der Waals surface area contributed by atoms with Crippen LogP contribution in [0.2, 0.25) is 0 Å². The van der Waals surface area contributed by atoms with Crippen LogP contribution in [0.3, 0.4) is 0 Å². The number of hydrogen-bond acceptors (Lipinski definition) is 12. The molecule has 8 atom stereocenters. The van der Waals surface area contributed by atoms with Gasteiger partial charge in [0.1, 0.15) is 42.3 Å². The van der Waals surface area contributed by atoms with Gasteiger partial charge < -0.3 is 57.4 Å². The van der Waals surface area contributed by atoms with Crippen LogP contribution in [0.25, 0.3) is 10.9 Å². The zero-order valence-electron chi connectivity index (χ0n) is 36.0. The number of carbonyl (C=O) groups excluding carboxylic acids is 7. The maximum absolute atomic E-state index is 14.2. The van der Waals surface area contributed by atoms with E-state index >= 15 is 0 Å². The lowest BCUT2D eigenvalue weighted by Gasteiger charge is -2.28. The largest absolute Gasteiger partial charge is 0.481 e. The molecule has 0 spiro atoms. The Labute approximate surface area is 376 Å². The van der Waals surface area contributed by atoms with E-state index < -0.39 is 108 Å². The van der Waals surface area contributed by atoms with Gasteiger partial charge >= 0.3 is 11.9 Å². The Morgan fingerprint density at radius 1 is 0.844 bits per heavy atom. The molecule has 0 radical (unpaired) electrons. The van der Waals surface area contributed by atoms with Gasteiger partial charge in [-0.05, 0) is 29.9 Å². The van der Waals surface area contributed by atoms with E-state index in [0.29, 0.717) is 17.7 Å². The van der Waals surface area contributed by atoms with Gasteiger partial charge in [-0.25, -0.2) is 9.78 Å². The molecule has 1 fully saturated rings. The third-order valence-corrected chi connectivity index (χ3v) is 12.8. The van der Waals surface area contributed by atoms with Crippen LogP contribution >= 0.6 is 21.6 Å². The number of aromatic amines is 2. The normalized spacial score (nSPS) is 21.8. The standard InChI is InChI=1S/C41H56N10O11S2/c1-6-21(4)34(40(60)49-30(41(61)62)12-23-15-43-26-10-8-7-9-25(23)26)51-39(59)32-18-64-63-17-31(45-22(5)52)38(58)47-28(13-24-16-42-19-44-24)36(56)46-27(11-20(2)3)35(55)48-29(14-33(53)54)37(57)50-32/h7-10,15-16,19-21,27-32,34,43H,6,11-14,17-18H2,1-5H3,(H,42,44)(H,45,52)(H,46,56)(H,47,58)(H,48,55)(H,49,60)(H,50,57)(H,51,59)(H,53,54)(H,61,62)/t21-,27-,28-,29-,30-,31-,32-,34-/m0/s1. The molecule has 21 nitrogen and oxygen atoms in total. The number of hydrogen-bond donors (Lipinski definition) is 11. The summed E-state index contributed by atoms with van der Waals surface area (Å²) < 4.78 is 0. The van der Waals surface area contributed by atoms with E-state index in [4.69, 9.17) is 0 Å². The molecule has 1 aliphatic rings. The van der Waals surface area contributed by atoms with E-state index in [1.807, 2.05) is 18.2 Å². The second kappa shape index (κ2) is 24.1. The molecule has 23 heteroatoms. The van der Waals surface area contributed by atoms with Gasteiger partial charge in [0.05, 0.1) is 12.7 Å². The highest BCUT2D eigenvalue weighted by atomic mass is 33.1. The monoisotopic (exact) mass is 928 g/mol. The maximum atomic E-state index is 14.2. The van der Waals surface area contributed by atoms with Crippen molar-refractivity contribution in [3.8, 4) is 0 Å². The maximum Gasteiger partial charge on any atom is 0.326 e. The number of benzene rings is 1. The zero-order valence-corrected chi connectivity index (χ0v) is 37.7. The van der Waals surface area contributed by atoms with Crippen LogP contribution in [0, 0.1) is 11.8 Å². The summed E-state index contributed by atoms with van der Waals surface area (Å²) in [6, 6.07) is -2.52. The summed E-state index contributed by atoms with van der Waals surface area (Å²) in [6.07, 6.45) is 3.76. The Balaban J connectivity index is 1.65. The molecule has 3 aromatic rings. The highest BCUT2D eigenvalue weighted by Gasteiger charge is 2.37. The van der Waals surface area contributed by atoms with Gasteiger partial charge in [-0.15, -0.1) is 0 Å². The quantitative estimate of drug-likeness (QED) is 0.0852. The topological polar surface area (TPSA) is 323 Å². The fraction of sp³-hybridized carbons (Fsp3) is 0.512. The van der Waals surface area contributed by atoms with E-state index in [2.05, 4.69) is 52.2 Å². The Hall–Kier alpha value is -6.10. The van der Waals surface area contributed by atoms with Crippen LogP contribution in [-0.4, -0.2) is 132 Å². The summed E-state index contributed by atoms with van der Waals surface area (Å²) in [4.78, 5) is 130. The van der Waals surface area contributed by atoms with E-state index in [9.17, 15) is 53.4 Å². The zero-order chi connectivity index (χ0) is 47.1. The third kappa shape index (κ3) is 15.0. The molecule has 0 unspecified atom stereocenters. The number of para-hydroxylation sites is 1. The van der Waals surface area contributed by atoms with Gasteiger partial charge in [0.2, 0.25) is 41.4 Å². The Morgan fingerprint density at radius 3 is 2.14 bits per heavy atom. The first-order valence-electron chi connectivity index (χ1n) is 20.7. The summed E-state index contributed by atoms with van der Waals surface area (Å²) in [5, 5.41) is 38.6. The van der Waals surface area contributed by atoms with Crippen molar-refractivity contribution in [1.82, 2.24) is 52.2 Å². The van der Waals surface area contributed by atoms with Crippen molar-refractivity contribution in [2.45, 2.75) is 109 Å². The van der Waals surface area contributed by atoms with Crippen LogP contribution in [-0.2, 0) is 56.0 Å². The van der Waals surface area contributed by atoms with Crippen LogP contribution in [0.5, 0.6) is 0 Å². The smallest absolute Gasteiger partial charge is 0.326 e. The van der Waals surface area contributed by atoms with Gasteiger partial charge in [-0.2, -0.15) is 0 Å². The highest BCUT2D eigenvalue weighted by molar-refractivity contribution is 8.76. The molecular weight excluding hydrogens is 873 g/mol. The number of carbonyl (C=O) groups is 9. The molecule has 0 saturated carbocycles. The van der Waals surface area contributed by atoms with Crippen molar-refractivity contribution >= 4 is 85.8 Å². The number of aromatic nitrogens is 3. The number of nitrogens with one attached hydrogen (secondary N) is 9. The van der Waals surface area contributed by atoms with Crippen LogP contribution < -0.4 is 37.2 Å². The first-order chi connectivity index (χ1) is 30.4. The van der Waals surface area contributed by atoms with Gasteiger partial charge in [-0.3, -0.25) is 38.4 Å². The third-order valence-electron chi connectivity index (χ3n) is 10.4. The molecule has 1 aromatic carbocycles. The van der Waals surface area contributed by atoms with E-state index in [-0.39, 0.29) is 36.7 Å². The molecule has 1 saturated heterocycles. The van der Waals surface area contributed by atoms with Gasteiger partial charge in [-0.1, -0.05) is 73.9 Å². The summed E-state index contributed by atoms with van der Waals surface area (Å²) in [5.41, 5.74) is 1.87.